The number of aliphatic hydroxyl groups is 1. The van der Waals surface area contributed by atoms with Gasteiger partial charge in [0.1, 0.15) is 17.5 Å². The predicted octanol–water partition coefficient (Wildman–Crippen LogP) is 2.08. The van der Waals surface area contributed by atoms with Crippen LogP contribution < -0.4 is 0 Å². The molecule has 3 rings (SSSR count). The first-order chi connectivity index (χ1) is 13.9. The van der Waals surface area contributed by atoms with Gasteiger partial charge in [0.25, 0.3) is 10.1 Å². The summed E-state index contributed by atoms with van der Waals surface area (Å²) in [6.45, 7) is 5.80. The molecule has 0 aliphatic carbocycles. The molecule has 1 saturated heterocycles. The van der Waals surface area contributed by atoms with Crippen LogP contribution in [0.25, 0.3) is 5.70 Å². The molecule has 2 unspecified atom stereocenters. The molecule has 1 aromatic rings. The molecule has 0 aromatic carbocycles. The third kappa shape index (κ3) is 4.83. The van der Waals surface area contributed by atoms with Crippen molar-refractivity contribution in [2.24, 2.45) is 10.9 Å². The van der Waals surface area contributed by atoms with Crippen LogP contribution in [0.15, 0.2) is 22.8 Å². The molecule has 0 amide bonds. The number of fused-ring (bicyclic) bond motifs is 1. The first kappa shape index (κ1) is 22.7. The van der Waals surface area contributed by atoms with E-state index in [0.717, 1.165) is 6.26 Å². The largest absolute Gasteiger partial charge is 0.368 e. The summed E-state index contributed by atoms with van der Waals surface area (Å²) >= 11 is 1.32. The van der Waals surface area contributed by atoms with Crippen LogP contribution in [0.4, 0.5) is 4.39 Å². The fourth-order valence-electron chi connectivity index (χ4n) is 3.19. The highest BCUT2D eigenvalue weighted by atomic mass is 32.2. The number of rotatable bonds is 4. The molecule has 8 nitrogen and oxygen atoms in total. The third-order valence-corrected chi connectivity index (χ3v) is 6.41. The number of pyridine rings is 1. The maximum atomic E-state index is 14.6. The van der Waals surface area contributed by atoms with E-state index >= 15 is 0 Å². The summed E-state index contributed by atoms with van der Waals surface area (Å²) in [5.74, 6) is -0.149. The van der Waals surface area contributed by atoms with Gasteiger partial charge in [-0.05, 0) is 6.07 Å². The molecule has 2 atom stereocenters. The lowest BCUT2D eigenvalue weighted by Crippen LogP contribution is -2.49. The lowest BCUT2D eigenvalue weighted by molar-refractivity contribution is 0.0736. The van der Waals surface area contributed by atoms with Crippen molar-refractivity contribution < 1.29 is 22.1 Å². The number of hydrogen-bond donors (Lipinski definition) is 1. The SMILES string of the molecule is CC(C)(C)c1ncc(C2=C(C#N)C(O)N3CC(COS(C)(=O)=O)CSC3=N2)cc1F. The molecule has 0 spiro atoms. The molecule has 1 aromatic heterocycles. The van der Waals surface area contributed by atoms with Crippen molar-refractivity contribution in [2.75, 3.05) is 25.2 Å². The van der Waals surface area contributed by atoms with E-state index in [0.29, 0.717) is 22.2 Å². The average Bonchev–Trinajstić information content (AvgIpc) is 2.64. The second-order valence-electron chi connectivity index (χ2n) is 8.26. The van der Waals surface area contributed by atoms with Crippen LogP contribution in [0.3, 0.4) is 0 Å². The second-order valence-corrected chi connectivity index (χ2v) is 10.9. The molecule has 0 radical (unpaired) electrons. The van der Waals surface area contributed by atoms with E-state index in [1.807, 2.05) is 26.8 Å². The van der Waals surface area contributed by atoms with Gasteiger partial charge in [-0.1, -0.05) is 32.5 Å². The van der Waals surface area contributed by atoms with Crippen molar-refractivity contribution in [3.05, 3.63) is 34.9 Å². The molecule has 3 heterocycles. The van der Waals surface area contributed by atoms with Gasteiger partial charge in [-0.25, -0.2) is 9.38 Å². The minimum absolute atomic E-state index is 0.0197. The Morgan fingerprint density at radius 3 is 2.73 bits per heavy atom. The van der Waals surface area contributed by atoms with Crippen LogP contribution >= 0.6 is 11.8 Å². The standard InChI is InChI=1S/C19H23FN4O4S2/c1-19(2,3)16-14(20)5-12(7-22-16)15-13(6-21)17(25)24-8-11(9-28-30(4,26)27)10-29-18(24)23-15/h5,7,11,17,25H,8-10H2,1-4H3. The zero-order valence-electron chi connectivity index (χ0n) is 17.1. The topological polar surface area (TPSA) is 116 Å². The van der Waals surface area contributed by atoms with Crippen molar-refractivity contribution in [3.63, 3.8) is 0 Å². The summed E-state index contributed by atoms with van der Waals surface area (Å²) in [5.41, 5.74) is 0.296. The smallest absolute Gasteiger partial charge is 0.264 e. The lowest BCUT2D eigenvalue weighted by atomic mass is 9.90. The van der Waals surface area contributed by atoms with Crippen LogP contribution in [-0.4, -0.2) is 60.0 Å². The van der Waals surface area contributed by atoms with Crippen LogP contribution in [0.1, 0.15) is 32.0 Å². The van der Waals surface area contributed by atoms with E-state index in [-0.39, 0.29) is 30.3 Å². The highest BCUT2D eigenvalue weighted by molar-refractivity contribution is 8.13. The Labute approximate surface area is 179 Å². The fourth-order valence-corrected chi connectivity index (χ4v) is 4.71. The Morgan fingerprint density at radius 2 is 2.17 bits per heavy atom. The van der Waals surface area contributed by atoms with Crippen molar-refractivity contribution in [1.82, 2.24) is 9.88 Å². The quantitative estimate of drug-likeness (QED) is 0.688. The lowest BCUT2D eigenvalue weighted by Gasteiger charge is -2.39. The van der Waals surface area contributed by atoms with Crippen molar-refractivity contribution in [2.45, 2.75) is 32.4 Å². The number of thioether (sulfide) groups is 1. The summed E-state index contributed by atoms with van der Waals surface area (Å²) in [6, 6.07) is 3.25. The van der Waals surface area contributed by atoms with E-state index in [1.165, 1.54) is 28.9 Å². The molecular weight excluding hydrogens is 431 g/mol. The number of aromatic nitrogens is 1. The first-order valence-electron chi connectivity index (χ1n) is 9.22. The summed E-state index contributed by atoms with van der Waals surface area (Å²) in [4.78, 5) is 10.2. The van der Waals surface area contributed by atoms with Gasteiger partial charge in [0.15, 0.2) is 11.4 Å². The fraction of sp³-hybridized carbons (Fsp3) is 0.526. The molecule has 162 valence electrons. The van der Waals surface area contributed by atoms with Crippen molar-refractivity contribution in [3.8, 4) is 6.07 Å². The zero-order chi connectivity index (χ0) is 22.3. The average molecular weight is 455 g/mol. The Morgan fingerprint density at radius 1 is 1.47 bits per heavy atom. The minimum atomic E-state index is -3.57. The van der Waals surface area contributed by atoms with Gasteiger partial charge in [-0.15, -0.1) is 0 Å². The van der Waals surface area contributed by atoms with Gasteiger partial charge in [-0.3, -0.25) is 9.17 Å². The number of aliphatic imine (C=N–C) groups is 1. The van der Waals surface area contributed by atoms with Crippen LogP contribution in [-0.2, 0) is 19.7 Å². The van der Waals surface area contributed by atoms with Crippen LogP contribution in [0.2, 0.25) is 0 Å². The van der Waals surface area contributed by atoms with E-state index in [2.05, 4.69) is 9.98 Å². The van der Waals surface area contributed by atoms with Gasteiger partial charge in [0, 0.05) is 35.4 Å². The van der Waals surface area contributed by atoms with Gasteiger partial charge in [-0.2, -0.15) is 13.7 Å². The summed E-state index contributed by atoms with van der Waals surface area (Å²) < 4.78 is 42.0. The minimum Gasteiger partial charge on any atom is -0.368 e. The number of hydrogen-bond acceptors (Lipinski definition) is 9. The number of halogens is 1. The molecular formula is C19H23FN4O4S2. The van der Waals surface area contributed by atoms with Crippen molar-refractivity contribution in [1.29, 1.82) is 5.26 Å². The number of amidine groups is 1. The monoisotopic (exact) mass is 454 g/mol. The first-order valence-corrected chi connectivity index (χ1v) is 12.0. The summed E-state index contributed by atoms with van der Waals surface area (Å²) in [7, 11) is -3.57. The Balaban J connectivity index is 1.90. The normalized spacial score (nSPS) is 22.4. The molecule has 2 aliphatic rings. The van der Waals surface area contributed by atoms with E-state index in [1.54, 1.807) is 0 Å². The molecule has 1 fully saturated rings. The maximum absolute atomic E-state index is 14.6. The summed E-state index contributed by atoms with van der Waals surface area (Å²) in [5, 5.41) is 20.9. The molecule has 2 aliphatic heterocycles. The van der Waals surface area contributed by atoms with Crippen LogP contribution in [0, 0.1) is 23.1 Å². The maximum Gasteiger partial charge on any atom is 0.264 e. The Bertz CT molecular complexity index is 1060. The number of nitrogens with zero attached hydrogens (tertiary/aromatic N) is 4. The predicted molar refractivity (Wildman–Crippen MR) is 112 cm³/mol. The molecule has 0 saturated carbocycles. The summed E-state index contributed by atoms with van der Waals surface area (Å²) in [6.07, 6.45) is 1.15. The van der Waals surface area contributed by atoms with Crippen molar-refractivity contribution >= 4 is 32.7 Å². The molecule has 30 heavy (non-hydrogen) atoms. The Kier molecular flexibility index (Phi) is 6.25. The zero-order valence-corrected chi connectivity index (χ0v) is 18.7. The molecule has 0 bridgehead atoms. The van der Waals surface area contributed by atoms with Gasteiger partial charge in [0.2, 0.25) is 0 Å². The number of aliphatic hydroxyl groups excluding tert-OH is 1. The van der Waals surface area contributed by atoms with E-state index < -0.39 is 27.6 Å². The highest BCUT2D eigenvalue weighted by Gasteiger charge is 2.37. The van der Waals surface area contributed by atoms with Gasteiger partial charge >= 0.3 is 0 Å². The number of nitriles is 1. The third-order valence-electron chi connectivity index (χ3n) is 4.63. The van der Waals surface area contributed by atoms with Crippen LogP contribution in [0.5, 0.6) is 0 Å². The molecule has 11 heteroatoms. The molecule has 1 N–H and O–H groups in total. The Hall–Kier alpha value is -2.00. The second kappa shape index (κ2) is 8.26. The highest BCUT2D eigenvalue weighted by Crippen LogP contribution is 2.36. The van der Waals surface area contributed by atoms with E-state index in [9.17, 15) is 23.2 Å². The van der Waals surface area contributed by atoms with Gasteiger partial charge in [0.05, 0.1) is 24.3 Å². The van der Waals surface area contributed by atoms with E-state index in [4.69, 9.17) is 4.18 Å². The van der Waals surface area contributed by atoms with Gasteiger partial charge < -0.3 is 10.0 Å².